The Kier molecular flexibility index (Phi) is 5.02. The second kappa shape index (κ2) is 8.24. The van der Waals surface area contributed by atoms with Crippen LogP contribution in [-0.4, -0.2) is 64.4 Å². The molecule has 0 aliphatic carbocycles. The third-order valence-electron chi connectivity index (χ3n) is 6.39. The van der Waals surface area contributed by atoms with Gasteiger partial charge in [0.25, 0.3) is 0 Å². The SMILES string of the molecule is O=C(Nc1ccc2n[nH]nc2c1)C1CCC2CC(c3c(-n4cnnn4)ccc(Cl)c3F)=CC(=O)N21. The van der Waals surface area contributed by atoms with Crippen LogP contribution in [0.4, 0.5) is 10.1 Å². The zero-order chi connectivity index (χ0) is 24.1. The molecule has 6 rings (SSSR count). The van der Waals surface area contributed by atoms with Crippen molar-refractivity contribution in [2.45, 2.75) is 31.3 Å². The van der Waals surface area contributed by atoms with Crippen molar-refractivity contribution in [2.75, 3.05) is 5.32 Å². The second-order valence-electron chi connectivity index (χ2n) is 8.39. The molecule has 2 aliphatic heterocycles. The number of carbonyl (C=O) groups is 2. The highest BCUT2D eigenvalue weighted by Crippen LogP contribution is 2.40. The molecule has 2 aromatic carbocycles. The van der Waals surface area contributed by atoms with Crippen molar-refractivity contribution in [3.63, 3.8) is 0 Å². The van der Waals surface area contributed by atoms with Gasteiger partial charge in [0, 0.05) is 23.4 Å². The van der Waals surface area contributed by atoms with Crippen molar-refractivity contribution in [1.82, 2.24) is 40.5 Å². The standard InChI is InChI=1S/C22H17ClFN9O2/c23-14-3-6-17(32-10-25-29-31-32)20(21(14)24)11-7-13-2-5-18(33(13)19(34)8-11)22(35)26-12-1-4-15-16(9-12)28-30-27-15/h1,3-4,6,8-10,13,18H,2,5,7H2,(H,26,35)(H,27,28,30). The zero-order valence-corrected chi connectivity index (χ0v) is 18.8. The molecule has 2 unspecified atom stereocenters. The van der Waals surface area contributed by atoms with Gasteiger partial charge in [0.15, 0.2) is 5.82 Å². The van der Waals surface area contributed by atoms with Gasteiger partial charge in [-0.25, -0.2) is 4.39 Å². The van der Waals surface area contributed by atoms with E-state index in [9.17, 15) is 9.59 Å². The predicted octanol–water partition coefficient (Wildman–Crippen LogP) is 2.51. The van der Waals surface area contributed by atoms with Gasteiger partial charge in [-0.2, -0.15) is 20.1 Å². The minimum absolute atomic E-state index is 0.0691. The number of amides is 2. The van der Waals surface area contributed by atoms with E-state index in [1.807, 2.05) is 0 Å². The first-order valence-corrected chi connectivity index (χ1v) is 11.2. The predicted molar refractivity (Wildman–Crippen MR) is 123 cm³/mol. The fraction of sp³-hybridized carbons (Fsp3) is 0.227. The summed E-state index contributed by atoms with van der Waals surface area (Å²) >= 11 is 6.06. The number of hydrogen-bond acceptors (Lipinski definition) is 7. The minimum atomic E-state index is -0.650. The largest absolute Gasteiger partial charge is 0.324 e. The number of carbonyl (C=O) groups excluding carboxylic acids is 2. The number of nitrogens with one attached hydrogen (secondary N) is 2. The molecule has 0 saturated carbocycles. The Bertz CT molecular complexity index is 1500. The molecular formula is C22H17ClFN9O2. The maximum absolute atomic E-state index is 15.2. The highest BCUT2D eigenvalue weighted by atomic mass is 35.5. The first kappa shape index (κ1) is 21.4. The number of aromatic amines is 1. The lowest BCUT2D eigenvalue weighted by Crippen LogP contribution is -2.48. The third-order valence-corrected chi connectivity index (χ3v) is 6.68. The number of aromatic nitrogens is 7. The van der Waals surface area contributed by atoms with E-state index in [2.05, 4.69) is 36.3 Å². The van der Waals surface area contributed by atoms with Gasteiger partial charge in [-0.1, -0.05) is 11.6 Å². The molecule has 2 amide bonds. The van der Waals surface area contributed by atoms with Crippen LogP contribution in [0, 0.1) is 5.82 Å². The molecule has 0 bridgehead atoms. The summed E-state index contributed by atoms with van der Waals surface area (Å²) in [7, 11) is 0. The van der Waals surface area contributed by atoms with Crippen LogP contribution in [0.25, 0.3) is 22.3 Å². The Labute approximate surface area is 201 Å². The van der Waals surface area contributed by atoms with Crippen molar-refractivity contribution in [2.24, 2.45) is 0 Å². The summed E-state index contributed by atoms with van der Waals surface area (Å²) in [5.74, 6) is -1.30. The monoisotopic (exact) mass is 493 g/mol. The molecule has 1 fully saturated rings. The van der Waals surface area contributed by atoms with Crippen LogP contribution in [0.15, 0.2) is 42.7 Å². The lowest BCUT2D eigenvalue weighted by molar-refractivity contribution is -0.135. The number of benzene rings is 2. The van der Waals surface area contributed by atoms with E-state index >= 15 is 4.39 Å². The molecule has 2 aromatic heterocycles. The molecule has 176 valence electrons. The van der Waals surface area contributed by atoms with Crippen LogP contribution in [0.3, 0.4) is 0 Å². The van der Waals surface area contributed by atoms with Gasteiger partial charge in [-0.3, -0.25) is 9.59 Å². The Balaban J connectivity index is 1.28. The van der Waals surface area contributed by atoms with Crippen molar-refractivity contribution >= 4 is 45.7 Å². The summed E-state index contributed by atoms with van der Waals surface area (Å²) in [5.41, 5.74) is 2.90. The molecule has 35 heavy (non-hydrogen) atoms. The first-order valence-electron chi connectivity index (χ1n) is 10.9. The van der Waals surface area contributed by atoms with Crippen molar-refractivity contribution < 1.29 is 14.0 Å². The molecule has 2 atom stereocenters. The molecule has 0 spiro atoms. The van der Waals surface area contributed by atoms with Crippen molar-refractivity contribution in [3.05, 3.63) is 59.1 Å². The van der Waals surface area contributed by atoms with Gasteiger partial charge >= 0.3 is 0 Å². The van der Waals surface area contributed by atoms with Crippen LogP contribution in [0.1, 0.15) is 24.8 Å². The number of nitrogens with zero attached hydrogens (tertiary/aromatic N) is 7. The van der Waals surface area contributed by atoms with Gasteiger partial charge in [0.05, 0.1) is 10.7 Å². The number of fused-ring (bicyclic) bond motifs is 2. The summed E-state index contributed by atoms with van der Waals surface area (Å²) in [5, 5.41) is 24.4. The number of tetrazole rings is 1. The zero-order valence-electron chi connectivity index (χ0n) is 18.0. The molecule has 1 saturated heterocycles. The van der Waals surface area contributed by atoms with E-state index in [4.69, 9.17) is 11.6 Å². The fourth-order valence-corrected chi connectivity index (χ4v) is 4.99. The highest BCUT2D eigenvalue weighted by molar-refractivity contribution is 6.31. The summed E-state index contributed by atoms with van der Waals surface area (Å²) < 4.78 is 16.5. The molecule has 2 N–H and O–H groups in total. The number of rotatable bonds is 4. The Morgan fingerprint density at radius 1 is 1.17 bits per heavy atom. The number of H-pyrrole nitrogens is 1. The third kappa shape index (κ3) is 3.62. The van der Waals surface area contributed by atoms with Crippen LogP contribution in [0.5, 0.6) is 0 Å². The maximum atomic E-state index is 15.2. The first-order chi connectivity index (χ1) is 17.0. The van der Waals surface area contributed by atoms with E-state index in [-0.39, 0.29) is 28.4 Å². The lowest BCUT2D eigenvalue weighted by atomic mass is 9.92. The van der Waals surface area contributed by atoms with E-state index in [0.29, 0.717) is 47.2 Å². The summed E-state index contributed by atoms with van der Waals surface area (Å²) in [6.45, 7) is 0. The van der Waals surface area contributed by atoms with Gasteiger partial charge in [-0.15, -0.1) is 5.10 Å². The number of halogens is 2. The average Bonchev–Trinajstić information content (AvgIpc) is 3.61. The van der Waals surface area contributed by atoms with Crippen LogP contribution < -0.4 is 5.32 Å². The molecule has 0 radical (unpaired) electrons. The van der Waals surface area contributed by atoms with Crippen molar-refractivity contribution in [1.29, 1.82) is 0 Å². The van der Waals surface area contributed by atoms with E-state index in [1.54, 1.807) is 29.2 Å². The number of anilines is 1. The molecule has 13 heteroatoms. The van der Waals surface area contributed by atoms with Crippen molar-refractivity contribution in [3.8, 4) is 5.69 Å². The summed E-state index contributed by atoms with van der Waals surface area (Å²) in [4.78, 5) is 27.9. The minimum Gasteiger partial charge on any atom is -0.324 e. The van der Waals surface area contributed by atoms with Gasteiger partial charge in [0.2, 0.25) is 11.8 Å². The number of hydrogen-bond donors (Lipinski definition) is 2. The maximum Gasteiger partial charge on any atom is 0.247 e. The Morgan fingerprint density at radius 3 is 2.86 bits per heavy atom. The Morgan fingerprint density at radius 2 is 2.03 bits per heavy atom. The summed E-state index contributed by atoms with van der Waals surface area (Å²) in [6, 6.07) is 7.31. The normalized spacial score (nSPS) is 19.7. The van der Waals surface area contributed by atoms with E-state index in [1.165, 1.54) is 23.2 Å². The van der Waals surface area contributed by atoms with Gasteiger partial charge < -0.3 is 10.2 Å². The van der Waals surface area contributed by atoms with Crippen LogP contribution in [0.2, 0.25) is 5.02 Å². The summed E-state index contributed by atoms with van der Waals surface area (Å²) in [6.07, 6.45) is 4.17. The molecular weight excluding hydrogens is 477 g/mol. The van der Waals surface area contributed by atoms with Crippen LogP contribution >= 0.6 is 11.6 Å². The quantitative estimate of drug-likeness (QED) is 0.446. The molecule has 11 nitrogen and oxygen atoms in total. The molecule has 4 aromatic rings. The lowest BCUT2D eigenvalue weighted by Gasteiger charge is -2.33. The Hall–Kier alpha value is -4.19. The second-order valence-corrected chi connectivity index (χ2v) is 8.80. The van der Waals surface area contributed by atoms with Crippen LogP contribution in [-0.2, 0) is 9.59 Å². The molecule has 4 heterocycles. The fourth-order valence-electron chi connectivity index (χ4n) is 4.84. The van der Waals surface area contributed by atoms with E-state index < -0.39 is 11.9 Å². The van der Waals surface area contributed by atoms with Gasteiger partial charge in [0.1, 0.15) is 23.4 Å². The smallest absolute Gasteiger partial charge is 0.247 e. The van der Waals surface area contributed by atoms with Gasteiger partial charge in [-0.05, 0) is 65.6 Å². The molecule has 2 aliphatic rings. The highest BCUT2D eigenvalue weighted by Gasteiger charge is 2.43. The van der Waals surface area contributed by atoms with E-state index in [0.717, 1.165) is 0 Å². The average molecular weight is 494 g/mol. The topological polar surface area (TPSA) is 135 Å².